The number of nitrogens with one attached hydrogen (secondary N) is 1. The molecule has 90 valence electrons. The van der Waals surface area contributed by atoms with E-state index in [0.717, 1.165) is 6.07 Å². The predicted molar refractivity (Wildman–Crippen MR) is 61.4 cm³/mol. The van der Waals surface area contributed by atoms with E-state index in [1.807, 2.05) is 0 Å². The van der Waals surface area contributed by atoms with Crippen LogP contribution in [0.1, 0.15) is 0 Å². The first-order chi connectivity index (χ1) is 8.63. The number of fused-ring (bicyclic) bond motifs is 1. The van der Waals surface area contributed by atoms with Gasteiger partial charge in [-0.05, 0) is 12.1 Å². The summed E-state index contributed by atoms with van der Waals surface area (Å²) in [5.74, 6) is -1.36. The molecular formula is C11H7F2N5. The third kappa shape index (κ3) is 1.65. The monoisotopic (exact) mass is 247 g/mol. The summed E-state index contributed by atoms with van der Waals surface area (Å²) in [6.45, 7) is 0. The van der Waals surface area contributed by atoms with Gasteiger partial charge in [-0.3, -0.25) is 5.10 Å². The number of nitrogens with zero attached hydrogens (tertiary/aromatic N) is 3. The molecule has 5 nitrogen and oxygen atoms in total. The van der Waals surface area contributed by atoms with Crippen LogP contribution in [-0.4, -0.2) is 20.2 Å². The molecule has 1 aromatic carbocycles. The zero-order valence-electron chi connectivity index (χ0n) is 8.98. The highest BCUT2D eigenvalue weighted by molar-refractivity contribution is 5.90. The van der Waals surface area contributed by atoms with Crippen LogP contribution in [0.15, 0.2) is 24.4 Å². The molecule has 2 aromatic heterocycles. The second-order valence-corrected chi connectivity index (χ2v) is 3.72. The zero-order chi connectivity index (χ0) is 12.7. The molecule has 0 amide bonds. The lowest BCUT2D eigenvalue weighted by atomic mass is 10.1. The number of H-pyrrole nitrogens is 1. The second kappa shape index (κ2) is 3.73. The van der Waals surface area contributed by atoms with Crippen molar-refractivity contribution in [2.24, 2.45) is 0 Å². The Morgan fingerprint density at radius 3 is 2.50 bits per heavy atom. The summed E-state index contributed by atoms with van der Waals surface area (Å²) in [5.41, 5.74) is 6.58. The molecule has 0 bridgehead atoms. The van der Waals surface area contributed by atoms with Crippen molar-refractivity contribution in [2.45, 2.75) is 0 Å². The molecule has 0 aliphatic rings. The van der Waals surface area contributed by atoms with E-state index in [0.29, 0.717) is 16.7 Å². The SMILES string of the molecule is Nc1nc(-c2cc(F)cc(F)c2)c2cn[nH]c2n1. The minimum Gasteiger partial charge on any atom is -0.368 e. The topological polar surface area (TPSA) is 80.5 Å². The highest BCUT2D eigenvalue weighted by Crippen LogP contribution is 2.26. The number of rotatable bonds is 1. The van der Waals surface area contributed by atoms with Crippen molar-refractivity contribution in [3.05, 3.63) is 36.0 Å². The third-order valence-electron chi connectivity index (χ3n) is 2.46. The average Bonchev–Trinajstić information content (AvgIpc) is 2.74. The maximum atomic E-state index is 13.2. The van der Waals surface area contributed by atoms with Gasteiger partial charge in [0.15, 0.2) is 5.65 Å². The molecule has 0 spiro atoms. The normalized spacial score (nSPS) is 11.0. The second-order valence-electron chi connectivity index (χ2n) is 3.72. The fourth-order valence-electron chi connectivity index (χ4n) is 1.76. The molecule has 0 radical (unpaired) electrons. The van der Waals surface area contributed by atoms with E-state index in [-0.39, 0.29) is 11.5 Å². The number of nitrogen functional groups attached to an aromatic ring is 1. The van der Waals surface area contributed by atoms with Crippen molar-refractivity contribution in [3.8, 4) is 11.3 Å². The molecule has 18 heavy (non-hydrogen) atoms. The van der Waals surface area contributed by atoms with Gasteiger partial charge in [0.25, 0.3) is 0 Å². The fourth-order valence-corrected chi connectivity index (χ4v) is 1.76. The molecule has 0 atom stereocenters. The van der Waals surface area contributed by atoms with Gasteiger partial charge >= 0.3 is 0 Å². The van der Waals surface area contributed by atoms with Crippen LogP contribution in [0.4, 0.5) is 14.7 Å². The number of aromatic nitrogens is 4. The maximum Gasteiger partial charge on any atom is 0.222 e. The standard InChI is InChI=1S/C11H7F2N5/c12-6-1-5(2-7(13)3-6)9-8-4-15-18-10(8)17-11(14)16-9/h1-4H,(H3,14,15,16,17,18). The Kier molecular flexibility index (Phi) is 2.19. The maximum absolute atomic E-state index is 13.2. The minimum atomic E-state index is -0.682. The molecule has 2 heterocycles. The first-order valence-corrected chi connectivity index (χ1v) is 5.06. The van der Waals surface area contributed by atoms with Crippen molar-refractivity contribution in [1.29, 1.82) is 0 Å². The summed E-state index contributed by atoms with van der Waals surface area (Å²) >= 11 is 0. The van der Waals surface area contributed by atoms with E-state index in [4.69, 9.17) is 5.73 Å². The smallest absolute Gasteiger partial charge is 0.222 e. The molecule has 0 unspecified atom stereocenters. The van der Waals surface area contributed by atoms with Gasteiger partial charge < -0.3 is 5.73 Å². The van der Waals surface area contributed by atoms with Crippen LogP contribution in [0.25, 0.3) is 22.3 Å². The van der Waals surface area contributed by atoms with Gasteiger partial charge in [-0.2, -0.15) is 10.1 Å². The Labute approximate surface area is 99.7 Å². The van der Waals surface area contributed by atoms with E-state index in [2.05, 4.69) is 20.2 Å². The van der Waals surface area contributed by atoms with Crippen LogP contribution in [0.5, 0.6) is 0 Å². The number of benzene rings is 1. The van der Waals surface area contributed by atoms with Gasteiger partial charge in [0, 0.05) is 11.6 Å². The van der Waals surface area contributed by atoms with Crippen LogP contribution < -0.4 is 5.73 Å². The summed E-state index contributed by atoms with van der Waals surface area (Å²) in [5, 5.41) is 6.98. The van der Waals surface area contributed by atoms with Gasteiger partial charge in [0.2, 0.25) is 5.95 Å². The van der Waals surface area contributed by atoms with Gasteiger partial charge in [-0.1, -0.05) is 0 Å². The number of hydrogen-bond acceptors (Lipinski definition) is 4. The first kappa shape index (κ1) is 10.6. The number of hydrogen-bond donors (Lipinski definition) is 2. The third-order valence-corrected chi connectivity index (χ3v) is 2.46. The van der Waals surface area contributed by atoms with Gasteiger partial charge in [0.05, 0.1) is 17.3 Å². The van der Waals surface area contributed by atoms with Gasteiger partial charge in [-0.25, -0.2) is 13.8 Å². The Bertz CT molecular complexity index is 717. The Morgan fingerprint density at radius 2 is 1.78 bits per heavy atom. The van der Waals surface area contributed by atoms with E-state index < -0.39 is 11.6 Å². The van der Waals surface area contributed by atoms with Gasteiger partial charge in [0.1, 0.15) is 11.6 Å². The highest BCUT2D eigenvalue weighted by Gasteiger charge is 2.12. The summed E-state index contributed by atoms with van der Waals surface area (Å²) in [6, 6.07) is 3.15. The molecule has 0 fully saturated rings. The average molecular weight is 247 g/mol. The quantitative estimate of drug-likeness (QED) is 0.688. The molecule has 0 aliphatic heterocycles. The molecule has 0 aliphatic carbocycles. The summed E-state index contributed by atoms with van der Waals surface area (Å²) in [7, 11) is 0. The van der Waals surface area contributed by atoms with Crippen LogP contribution in [0.2, 0.25) is 0 Å². The zero-order valence-corrected chi connectivity index (χ0v) is 8.98. The lowest BCUT2D eigenvalue weighted by Crippen LogP contribution is -1.98. The lowest BCUT2D eigenvalue weighted by molar-refractivity contribution is 0.584. The molecular weight excluding hydrogens is 240 g/mol. The van der Waals surface area contributed by atoms with Crippen LogP contribution in [0.3, 0.4) is 0 Å². The molecule has 7 heteroatoms. The van der Waals surface area contributed by atoms with Crippen molar-refractivity contribution in [1.82, 2.24) is 20.2 Å². The Hall–Kier alpha value is -2.57. The Balaban J connectivity index is 2.33. The molecule has 3 aromatic rings. The summed E-state index contributed by atoms with van der Waals surface area (Å²) < 4.78 is 26.4. The number of aromatic amines is 1. The van der Waals surface area contributed by atoms with Crippen LogP contribution >= 0.6 is 0 Å². The predicted octanol–water partition coefficient (Wildman–Crippen LogP) is 1.88. The molecule has 0 saturated heterocycles. The van der Waals surface area contributed by atoms with Crippen molar-refractivity contribution < 1.29 is 8.78 Å². The minimum absolute atomic E-state index is 0.00594. The summed E-state index contributed by atoms with van der Waals surface area (Å²) in [6.07, 6.45) is 1.48. The van der Waals surface area contributed by atoms with E-state index in [1.54, 1.807) is 0 Å². The fraction of sp³-hybridized carbons (Fsp3) is 0. The van der Waals surface area contributed by atoms with Crippen LogP contribution in [-0.2, 0) is 0 Å². The first-order valence-electron chi connectivity index (χ1n) is 5.06. The van der Waals surface area contributed by atoms with E-state index in [1.165, 1.54) is 18.3 Å². The number of anilines is 1. The Morgan fingerprint density at radius 1 is 1.06 bits per heavy atom. The van der Waals surface area contributed by atoms with Gasteiger partial charge in [-0.15, -0.1) is 0 Å². The molecule has 3 N–H and O–H groups in total. The van der Waals surface area contributed by atoms with Crippen molar-refractivity contribution in [3.63, 3.8) is 0 Å². The number of nitrogens with two attached hydrogens (primary N) is 1. The summed E-state index contributed by atoms with van der Waals surface area (Å²) in [4.78, 5) is 7.93. The number of halogens is 2. The lowest BCUT2D eigenvalue weighted by Gasteiger charge is -2.04. The molecule has 3 rings (SSSR count). The largest absolute Gasteiger partial charge is 0.368 e. The molecule has 0 saturated carbocycles. The van der Waals surface area contributed by atoms with Crippen molar-refractivity contribution >= 4 is 17.0 Å². The van der Waals surface area contributed by atoms with E-state index >= 15 is 0 Å². The van der Waals surface area contributed by atoms with E-state index in [9.17, 15) is 8.78 Å². The van der Waals surface area contributed by atoms with Crippen molar-refractivity contribution in [2.75, 3.05) is 5.73 Å². The van der Waals surface area contributed by atoms with Crippen LogP contribution in [0, 0.1) is 11.6 Å². The highest BCUT2D eigenvalue weighted by atomic mass is 19.1.